The summed E-state index contributed by atoms with van der Waals surface area (Å²) in [6.07, 6.45) is 1.72. The van der Waals surface area contributed by atoms with Crippen molar-refractivity contribution in [2.24, 2.45) is 0 Å². The van der Waals surface area contributed by atoms with Gasteiger partial charge in [-0.05, 0) is 53.0 Å². The largest absolute Gasteiger partial charge is 0.307 e. The van der Waals surface area contributed by atoms with Gasteiger partial charge in [0.15, 0.2) is 0 Å². The lowest BCUT2D eigenvalue weighted by molar-refractivity contribution is 0.102. The molecular weight excluding hydrogens is 292 g/mol. The van der Waals surface area contributed by atoms with Crippen LogP contribution in [-0.4, -0.2) is 10.9 Å². The van der Waals surface area contributed by atoms with E-state index in [0.29, 0.717) is 11.4 Å². The molecule has 1 aromatic heterocycles. The maximum absolute atomic E-state index is 12.1. The van der Waals surface area contributed by atoms with Crippen LogP contribution in [0.1, 0.15) is 21.5 Å². The fourth-order valence-electron chi connectivity index (χ4n) is 1.55. The summed E-state index contributed by atoms with van der Waals surface area (Å²) in [6, 6.07) is 9.29. The number of anilines is 1. The topological polar surface area (TPSA) is 42.0 Å². The van der Waals surface area contributed by atoms with Crippen molar-refractivity contribution in [2.75, 3.05) is 5.32 Å². The van der Waals surface area contributed by atoms with E-state index in [1.54, 1.807) is 18.3 Å². The van der Waals surface area contributed by atoms with Crippen LogP contribution in [0.15, 0.2) is 41.0 Å². The molecule has 0 atom stereocenters. The van der Waals surface area contributed by atoms with Crippen molar-refractivity contribution in [1.29, 1.82) is 0 Å². The first-order valence-electron chi connectivity index (χ1n) is 5.57. The SMILES string of the molecule is Cc1ccc(NC(=O)c2cccc(C)c2Br)nc1. The zero-order chi connectivity index (χ0) is 13.1. The Bertz CT molecular complexity index is 579. The quantitative estimate of drug-likeness (QED) is 0.919. The van der Waals surface area contributed by atoms with Gasteiger partial charge in [0.1, 0.15) is 5.82 Å². The second-order valence-corrected chi connectivity index (χ2v) is 4.90. The van der Waals surface area contributed by atoms with Gasteiger partial charge < -0.3 is 5.32 Å². The molecule has 0 spiro atoms. The number of carbonyl (C=O) groups is 1. The average Bonchev–Trinajstić information content (AvgIpc) is 2.35. The number of nitrogens with one attached hydrogen (secondary N) is 1. The van der Waals surface area contributed by atoms with E-state index in [-0.39, 0.29) is 5.91 Å². The van der Waals surface area contributed by atoms with Crippen LogP contribution in [0.5, 0.6) is 0 Å². The molecule has 92 valence electrons. The molecule has 3 nitrogen and oxygen atoms in total. The molecule has 0 saturated carbocycles. The van der Waals surface area contributed by atoms with Crippen molar-refractivity contribution in [1.82, 2.24) is 4.98 Å². The monoisotopic (exact) mass is 304 g/mol. The lowest BCUT2D eigenvalue weighted by Crippen LogP contribution is -2.13. The molecular formula is C14H13BrN2O. The Balaban J connectivity index is 2.22. The molecule has 0 radical (unpaired) electrons. The molecule has 4 heteroatoms. The van der Waals surface area contributed by atoms with E-state index >= 15 is 0 Å². The smallest absolute Gasteiger partial charge is 0.257 e. The number of halogens is 1. The van der Waals surface area contributed by atoms with E-state index in [0.717, 1.165) is 15.6 Å². The van der Waals surface area contributed by atoms with Crippen molar-refractivity contribution in [3.63, 3.8) is 0 Å². The average molecular weight is 305 g/mol. The highest BCUT2D eigenvalue weighted by Crippen LogP contribution is 2.21. The normalized spacial score (nSPS) is 10.2. The van der Waals surface area contributed by atoms with Crippen LogP contribution in [-0.2, 0) is 0 Å². The number of aromatic nitrogens is 1. The van der Waals surface area contributed by atoms with E-state index in [4.69, 9.17) is 0 Å². The Labute approximate surface area is 114 Å². The summed E-state index contributed by atoms with van der Waals surface area (Å²) < 4.78 is 0.814. The third-order valence-electron chi connectivity index (χ3n) is 2.59. The summed E-state index contributed by atoms with van der Waals surface area (Å²) >= 11 is 3.42. The van der Waals surface area contributed by atoms with Crippen molar-refractivity contribution in [3.05, 3.63) is 57.7 Å². The maximum Gasteiger partial charge on any atom is 0.257 e. The Morgan fingerprint density at radius 2 is 2.00 bits per heavy atom. The fraction of sp³-hybridized carbons (Fsp3) is 0.143. The van der Waals surface area contributed by atoms with E-state index in [9.17, 15) is 4.79 Å². The van der Waals surface area contributed by atoms with Gasteiger partial charge in [0.05, 0.1) is 5.56 Å². The standard InChI is InChI=1S/C14H13BrN2O/c1-9-6-7-12(16-8-9)17-14(18)11-5-3-4-10(2)13(11)15/h3-8H,1-2H3,(H,16,17,18). The van der Waals surface area contributed by atoms with Gasteiger partial charge in [0, 0.05) is 10.7 Å². The highest BCUT2D eigenvalue weighted by atomic mass is 79.9. The number of hydrogen-bond donors (Lipinski definition) is 1. The lowest BCUT2D eigenvalue weighted by Gasteiger charge is -2.08. The third-order valence-corrected chi connectivity index (χ3v) is 3.64. The molecule has 2 rings (SSSR count). The van der Waals surface area contributed by atoms with E-state index < -0.39 is 0 Å². The minimum absolute atomic E-state index is 0.165. The number of benzene rings is 1. The van der Waals surface area contributed by atoms with Crippen LogP contribution in [0.4, 0.5) is 5.82 Å². The number of amides is 1. The molecule has 0 unspecified atom stereocenters. The first kappa shape index (κ1) is 12.8. The predicted molar refractivity (Wildman–Crippen MR) is 75.8 cm³/mol. The van der Waals surface area contributed by atoms with Crippen LogP contribution >= 0.6 is 15.9 Å². The molecule has 0 aliphatic rings. The van der Waals surface area contributed by atoms with Crippen molar-refractivity contribution in [3.8, 4) is 0 Å². The highest BCUT2D eigenvalue weighted by molar-refractivity contribution is 9.10. The zero-order valence-electron chi connectivity index (χ0n) is 10.2. The molecule has 18 heavy (non-hydrogen) atoms. The molecule has 0 aliphatic carbocycles. The van der Waals surface area contributed by atoms with Gasteiger partial charge in [-0.2, -0.15) is 0 Å². The number of carbonyl (C=O) groups excluding carboxylic acids is 1. The minimum Gasteiger partial charge on any atom is -0.307 e. The number of nitrogens with zero attached hydrogens (tertiary/aromatic N) is 1. The second-order valence-electron chi connectivity index (χ2n) is 4.11. The number of aryl methyl sites for hydroxylation is 2. The minimum atomic E-state index is -0.165. The van der Waals surface area contributed by atoms with E-state index in [2.05, 4.69) is 26.2 Å². The van der Waals surface area contributed by atoms with E-state index in [1.807, 2.05) is 32.0 Å². The second kappa shape index (κ2) is 5.31. The van der Waals surface area contributed by atoms with Gasteiger partial charge >= 0.3 is 0 Å². The molecule has 0 saturated heterocycles. The van der Waals surface area contributed by atoms with Crippen LogP contribution < -0.4 is 5.32 Å². The van der Waals surface area contributed by atoms with Gasteiger partial charge in [0.2, 0.25) is 0 Å². The van der Waals surface area contributed by atoms with Crippen molar-refractivity contribution in [2.45, 2.75) is 13.8 Å². The van der Waals surface area contributed by atoms with Crippen molar-refractivity contribution < 1.29 is 4.79 Å². The maximum atomic E-state index is 12.1. The predicted octanol–water partition coefficient (Wildman–Crippen LogP) is 3.71. The van der Waals surface area contributed by atoms with Gasteiger partial charge in [-0.25, -0.2) is 4.98 Å². The summed E-state index contributed by atoms with van der Waals surface area (Å²) in [5.74, 6) is 0.390. The fourth-order valence-corrected chi connectivity index (χ4v) is 1.99. The number of pyridine rings is 1. The Morgan fingerprint density at radius 3 is 2.67 bits per heavy atom. The summed E-state index contributed by atoms with van der Waals surface area (Å²) in [5, 5.41) is 2.77. The summed E-state index contributed by atoms with van der Waals surface area (Å²) in [7, 11) is 0. The first-order chi connectivity index (χ1) is 8.58. The Kier molecular flexibility index (Phi) is 3.77. The first-order valence-corrected chi connectivity index (χ1v) is 6.36. The van der Waals surface area contributed by atoms with Crippen LogP contribution in [0.25, 0.3) is 0 Å². The Hall–Kier alpha value is -1.68. The Morgan fingerprint density at radius 1 is 1.22 bits per heavy atom. The van der Waals surface area contributed by atoms with E-state index in [1.165, 1.54) is 0 Å². The molecule has 1 aromatic carbocycles. The van der Waals surface area contributed by atoms with Gasteiger partial charge in [-0.1, -0.05) is 18.2 Å². The molecule has 0 bridgehead atoms. The van der Waals surface area contributed by atoms with Crippen LogP contribution in [0.2, 0.25) is 0 Å². The molecule has 0 aliphatic heterocycles. The highest BCUT2D eigenvalue weighted by Gasteiger charge is 2.11. The van der Waals surface area contributed by atoms with Crippen molar-refractivity contribution >= 4 is 27.7 Å². The van der Waals surface area contributed by atoms with Gasteiger partial charge in [0.25, 0.3) is 5.91 Å². The lowest BCUT2D eigenvalue weighted by atomic mass is 10.1. The third kappa shape index (κ3) is 2.76. The summed E-state index contributed by atoms with van der Waals surface area (Å²) in [4.78, 5) is 16.2. The summed E-state index contributed by atoms with van der Waals surface area (Å²) in [6.45, 7) is 3.90. The molecule has 1 heterocycles. The van der Waals surface area contributed by atoms with Crippen LogP contribution in [0, 0.1) is 13.8 Å². The van der Waals surface area contributed by atoms with Gasteiger partial charge in [-0.15, -0.1) is 0 Å². The van der Waals surface area contributed by atoms with Gasteiger partial charge in [-0.3, -0.25) is 4.79 Å². The number of hydrogen-bond acceptors (Lipinski definition) is 2. The molecule has 1 amide bonds. The molecule has 0 fully saturated rings. The summed E-state index contributed by atoms with van der Waals surface area (Å²) in [5.41, 5.74) is 2.70. The number of rotatable bonds is 2. The van der Waals surface area contributed by atoms with Crippen LogP contribution in [0.3, 0.4) is 0 Å². The molecule has 1 N–H and O–H groups in total. The molecule has 2 aromatic rings. The zero-order valence-corrected chi connectivity index (χ0v) is 11.8.